The van der Waals surface area contributed by atoms with Gasteiger partial charge in [0.1, 0.15) is 5.76 Å². The monoisotopic (exact) mass is 329 g/mol. The lowest BCUT2D eigenvalue weighted by Gasteiger charge is -2.21. The average molecular weight is 331 g/mol. The zero-order valence-corrected chi connectivity index (χ0v) is 12.7. The lowest BCUT2D eigenvalue weighted by Crippen LogP contribution is -2.24. The molecule has 0 saturated heterocycles. The summed E-state index contributed by atoms with van der Waals surface area (Å²) in [4.78, 5) is 0. The first-order valence-electron chi connectivity index (χ1n) is 6.24. The Morgan fingerprint density at radius 2 is 2.33 bits per heavy atom. The van der Waals surface area contributed by atoms with Crippen LogP contribution in [0.5, 0.6) is 0 Å². The fraction of sp³-hybridized carbons (Fsp3) is 0.429. The molecule has 1 N–H and O–H groups in total. The van der Waals surface area contributed by atoms with Gasteiger partial charge in [0.25, 0.3) is 0 Å². The van der Waals surface area contributed by atoms with E-state index in [0.717, 1.165) is 46.8 Å². The van der Waals surface area contributed by atoms with Crippen molar-refractivity contribution < 1.29 is 4.74 Å². The van der Waals surface area contributed by atoms with E-state index >= 15 is 0 Å². The minimum atomic E-state index is 0.0532. The van der Waals surface area contributed by atoms with Crippen LogP contribution in [0.4, 0.5) is 0 Å². The second-order valence-electron chi connectivity index (χ2n) is 4.27. The van der Waals surface area contributed by atoms with Gasteiger partial charge in [-0.2, -0.15) is 0 Å². The molecule has 1 heterocycles. The van der Waals surface area contributed by atoms with Crippen LogP contribution in [0.25, 0.3) is 0 Å². The molecule has 0 spiro atoms. The fourth-order valence-electron chi connectivity index (χ4n) is 2.03. The van der Waals surface area contributed by atoms with Gasteiger partial charge in [-0.3, -0.25) is 0 Å². The topological polar surface area (TPSA) is 21.3 Å². The van der Waals surface area contributed by atoms with E-state index in [4.69, 9.17) is 16.3 Å². The van der Waals surface area contributed by atoms with Crippen molar-refractivity contribution in [2.75, 3.05) is 13.2 Å². The Kier molecular flexibility index (Phi) is 5.10. The van der Waals surface area contributed by atoms with Crippen molar-refractivity contribution in [3.8, 4) is 0 Å². The zero-order valence-electron chi connectivity index (χ0n) is 10.4. The van der Waals surface area contributed by atoms with Crippen LogP contribution in [0.1, 0.15) is 31.4 Å². The maximum absolute atomic E-state index is 6.38. The average Bonchev–Trinajstić information content (AvgIpc) is 2.88. The molecule has 0 aromatic heterocycles. The summed E-state index contributed by atoms with van der Waals surface area (Å²) in [7, 11) is 0. The molecule has 1 aliphatic heterocycles. The summed E-state index contributed by atoms with van der Waals surface area (Å²) in [6, 6.07) is 6.05. The maximum atomic E-state index is 6.38. The number of nitrogens with one attached hydrogen (secondary N) is 1. The van der Waals surface area contributed by atoms with Gasteiger partial charge < -0.3 is 10.1 Å². The number of hydrogen-bond donors (Lipinski definition) is 1. The number of halogens is 2. The van der Waals surface area contributed by atoms with E-state index < -0.39 is 0 Å². The molecule has 0 radical (unpaired) electrons. The van der Waals surface area contributed by atoms with Gasteiger partial charge >= 0.3 is 0 Å². The van der Waals surface area contributed by atoms with Crippen LogP contribution in [-0.4, -0.2) is 13.2 Å². The molecule has 1 aromatic rings. The lowest BCUT2D eigenvalue weighted by molar-refractivity contribution is 0.215. The lowest BCUT2D eigenvalue weighted by atomic mass is 10.0. The van der Waals surface area contributed by atoms with Crippen LogP contribution >= 0.6 is 27.5 Å². The highest BCUT2D eigenvalue weighted by molar-refractivity contribution is 9.10. The molecule has 2 rings (SSSR count). The van der Waals surface area contributed by atoms with Crippen molar-refractivity contribution in [3.63, 3.8) is 0 Å². The van der Waals surface area contributed by atoms with Gasteiger partial charge in [-0.25, -0.2) is 0 Å². The number of hydrogen-bond acceptors (Lipinski definition) is 2. The highest BCUT2D eigenvalue weighted by atomic mass is 79.9. The standard InChI is InChI=1S/C14H17BrClNO/c1-2-8-17-14(12-7-4-9-18-12)10-5-3-6-11(15)13(10)16/h3,5-7,14,17H,2,4,8-9H2,1H3. The Balaban J connectivity index is 2.30. The summed E-state index contributed by atoms with van der Waals surface area (Å²) >= 11 is 9.85. The van der Waals surface area contributed by atoms with Crippen LogP contribution in [0, 0.1) is 0 Å². The Hall–Kier alpha value is -0.510. The highest BCUT2D eigenvalue weighted by Crippen LogP contribution is 2.35. The number of ether oxygens (including phenoxy) is 1. The third-order valence-electron chi connectivity index (χ3n) is 2.91. The second kappa shape index (κ2) is 6.60. The Morgan fingerprint density at radius 3 is 3.00 bits per heavy atom. The Labute approximate surface area is 121 Å². The smallest absolute Gasteiger partial charge is 0.114 e. The van der Waals surface area contributed by atoms with Crippen LogP contribution in [0.15, 0.2) is 34.5 Å². The third-order valence-corrected chi connectivity index (χ3v) is 4.22. The van der Waals surface area contributed by atoms with Crippen molar-refractivity contribution >= 4 is 27.5 Å². The van der Waals surface area contributed by atoms with Crippen LogP contribution in [0.2, 0.25) is 5.02 Å². The molecule has 2 nitrogen and oxygen atoms in total. The molecule has 0 saturated carbocycles. The molecule has 0 amide bonds. The largest absolute Gasteiger partial charge is 0.496 e. The predicted molar refractivity (Wildman–Crippen MR) is 78.8 cm³/mol. The van der Waals surface area contributed by atoms with E-state index in [1.54, 1.807) is 0 Å². The minimum Gasteiger partial charge on any atom is -0.496 e. The predicted octanol–water partition coefficient (Wildman–Crippen LogP) is 4.45. The van der Waals surface area contributed by atoms with E-state index in [1.807, 2.05) is 18.2 Å². The molecule has 0 aliphatic carbocycles. The van der Waals surface area contributed by atoms with E-state index in [9.17, 15) is 0 Å². The normalized spacial score (nSPS) is 16.3. The molecule has 1 aliphatic rings. The molecular formula is C14H17BrClNO. The van der Waals surface area contributed by atoms with Gasteiger partial charge in [0.05, 0.1) is 17.7 Å². The van der Waals surface area contributed by atoms with Crippen molar-refractivity contribution in [2.45, 2.75) is 25.8 Å². The van der Waals surface area contributed by atoms with E-state index in [2.05, 4.69) is 34.2 Å². The van der Waals surface area contributed by atoms with Crippen LogP contribution in [0.3, 0.4) is 0 Å². The zero-order chi connectivity index (χ0) is 13.0. The van der Waals surface area contributed by atoms with Gasteiger partial charge in [0.2, 0.25) is 0 Å². The molecule has 1 atom stereocenters. The Morgan fingerprint density at radius 1 is 1.50 bits per heavy atom. The molecule has 98 valence electrons. The van der Waals surface area contributed by atoms with Gasteiger partial charge in [-0.05, 0) is 46.6 Å². The molecule has 0 fully saturated rings. The summed E-state index contributed by atoms with van der Waals surface area (Å²) in [5, 5.41) is 4.25. The van der Waals surface area contributed by atoms with Gasteiger partial charge in [-0.15, -0.1) is 0 Å². The first kappa shape index (κ1) is 13.9. The minimum absolute atomic E-state index is 0.0532. The molecule has 1 unspecified atom stereocenters. The third kappa shape index (κ3) is 3.08. The van der Waals surface area contributed by atoms with Crippen molar-refractivity contribution in [2.24, 2.45) is 0 Å². The highest BCUT2D eigenvalue weighted by Gasteiger charge is 2.23. The molecular weight excluding hydrogens is 314 g/mol. The molecule has 4 heteroatoms. The summed E-state index contributed by atoms with van der Waals surface area (Å²) in [5.74, 6) is 0.989. The summed E-state index contributed by atoms with van der Waals surface area (Å²) in [6.45, 7) is 3.86. The molecule has 0 bridgehead atoms. The summed E-state index contributed by atoms with van der Waals surface area (Å²) < 4.78 is 6.61. The maximum Gasteiger partial charge on any atom is 0.114 e. The van der Waals surface area contributed by atoms with Crippen LogP contribution in [-0.2, 0) is 4.74 Å². The summed E-state index contributed by atoms with van der Waals surface area (Å²) in [6.07, 6.45) is 4.20. The molecule has 1 aromatic carbocycles. The van der Waals surface area contributed by atoms with Crippen molar-refractivity contribution in [3.05, 3.63) is 45.1 Å². The SMILES string of the molecule is CCCNC(C1=CCCO1)c1cccc(Br)c1Cl. The number of benzene rings is 1. The van der Waals surface area contributed by atoms with E-state index in [1.165, 1.54) is 0 Å². The van der Waals surface area contributed by atoms with E-state index in [-0.39, 0.29) is 6.04 Å². The second-order valence-corrected chi connectivity index (χ2v) is 5.51. The fourth-order valence-corrected chi connectivity index (χ4v) is 2.65. The van der Waals surface area contributed by atoms with E-state index in [0.29, 0.717) is 0 Å². The van der Waals surface area contributed by atoms with Crippen molar-refractivity contribution in [1.82, 2.24) is 5.32 Å². The first-order valence-corrected chi connectivity index (χ1v) is 7.41. The van der Waals surface area contributed by atoms with Gasteiger partial charge in [0, 0.05) is 10.9 Å². The van der Waals surface area contributed by atoms with Gasteiger partial charge in [0.15, 0.2) is 0 Å². The Bertz CT molecular complexity index is 447. The van der Waals surface area contributed by atoms with Crippen LogP contribution < -0.4 is 5.32 Å². The summed E-state index contributed by atoms with van der Waals surface area (Å²) in [5.41, 5.74) is 1.06. The first-order chi connectivity index (χ1) is 8.74. The van der Waals surface area contributed by atoms with Gasteiger partial charge in [-0.1, -0.05) is 30.7 Å². The quantitative estimate of drug-likeness (QED) is 0.861. The number of rotatable bonds is 5. The molecule has 18 heavy (non-hydrogen) atoms. The van der Waals surface area contributed by atoms with Crippen molar-refractivity contribution in [1.29, 1.82) is 0 Å².